The Labute approximate surface area is 113 Å². The van der Waals surface area contributed by atoms with Gasteiger partial charge in [0.2, 0.25) is 0 Å². The molecule has 0 unspecified atom stereocenters. The van der Waals surface area contributed by atoms with E-state index in [-0.39, 0.29) is 0 Å². The van der Waals surface area contributed by atoms with Crippen molar-refractivity contribution in [2.75, 3.05) is 7.11 Å². The lowest BCUT2D eigenvalue weighted by atomic mass is 10.00. The fourth-order valence-electron chi connectivity index (χ4n) is 1.80. The molecular weight excluding hydrogens is 244 g/mol. The first kappa shape index (κ1) is 12.7. The number of allylic oxidation sites excluding steroid dienone is 1. The molecule has 2 heteroatoms. The zero-order valence-electron chi connectivity index (χ0n) is 10.3. The van der Waals surface area contributed by atoms with Crippen LogP contribution < -0.4 is 4.74 Å². The van der Waals surface area contributed by atoms with Gasteiger partial charge in [-0.2, -0.15) is 0 Å². The van der Waals surface area contributed by atoms with E-state index in [1.54, 1.807) is 7.11 Å². The molecule has 0 radical (unpaired) electrons. The third kappa shape index (κ3) is 2.93. The average molecular weight is 259 g/mol. The molecule has 2 rings (SSSR count). The van der Waals surface area contributed by atoms with Gasteiger partial charge in [0.25, 0.3) is 0 Å². The number of halogens is 1. The van der Waals surface area contributed by atoms with Crippen LogP contribution in [0.4, 0.5) is 0 Å². The Morgan fingerprint density at radius 2 is 1.78 bits per heavy atom. The predicted molar refractivity (Wildman–Crippen MR) is 77.2 cm³/mol. The van der Waals surface area contributed by atoms with Crippen LogP contribution in [0.2, 0.25) is 5.02 Å². The van der Waals surface area contributed by atoms with Gasteiger partial charge in [0.1, 0.15) is 5.75 Å². The van der Waals surface area contributed by atoms with Crippen LogP contribution in [-0.2, 0) is 6.42 Å². The number of hydrogen-bond acceptors (Lipinski definition) is 1. The summed E-state index contributed by atoms with van der Waals surface area (Å²) in [4.78, 5) is 0. The van der Waals surface area contributed by atoms with Gasteiger partial charge in [0.05, 0.1) is 7.11 Å². The van der Waals surface area contributed by atoms with E-state index in [0.29, 0.717) is 0 Å². The fraction of sp³-hybridized carbons (Fsp3) is 0.125. The Hall–Kier alpha value is -1.73. The molecule has 0 spiro atoms. The van der Waals surface area contributed by atoms with E-state index in [4.69, 9.17) is 16.3 Å². The van der Waals surface area contributed by atoms with Crippen molar-refractivity contribution >= 4 is 17.2 Å². The Kier molecular flexibility index (Phi) is 4.06. The summed E-state index contributed by atoms with van der Waals surface area (Å²) in [5.74, 6) is 0.851. The van der Waals surface area contributed by atoms with E-state index in [2.05, 4.69) is 6.58 Å². The van der Waals surface area contributed by atoms with Crippen molar-refractivity contribution in [3.05, 3.63) is 71.3 Å². The lowest BCUT2D eigenvalue weighted by molar-refractivity contribution is 0.415. The first-order chi connectivity index (χ1) is 8.70. The molecule has 92 valence electrons. The molecule has 0 atom stereocenters. The number of rotatable bonds is 4. The molecule has 0 fully saturated rings. The van der Waals surface area contributed by atoms with Crippen molar-refractivity contribution in [2.24, 2.45) is 0 Å². The average Bonchev–Trinajstić information content (AvgIpc) is 2.41. The topological polar surface area (TPSA) is 9.23 Å². The number of methoxy groups -OCH3 is 1. The van der Waals surface area contributed by atoms with Crippen molar-refractivity contribution in [1.29, 1.82) is 0 Å². The highest BCUT2D eigenvalue weighted by Gasteiger charge is 2.04. The van der Waals surface area contributed by atoms with Crippen molar-refractivity contribution in [2.45, 2.75) is 6.42 Å². The SMILES string of the molecule is C=C(Cc1ccccc1Cl)c1ccc(OC)cc1. The molecule has 0 saturated heterocycles. The molecule has 18 heavy (non-hydrogen) atoms. The molecule has 0 aliphatic heterocycles. The second kappa shape index (κ2) is 5.74. The molecule has 0 aliphatic rings. The van der Waals surface area contributed by atoms with E-state index >= 15 is 0 Å². The molecule has 2 aromatic rings. The van der Waals surface area contributed by atoms with Crippen LogP contribution in [-0.4, -0.2) is 7.11 Å². The third-order valence-corrected chi connectivity index (χ3v) is 3.23. The summed E-state index contributed by atoms with van der Waals surface area (Å²) in [6.45, 7) is 4.12. The predicted octanol–water partition coefficient (Wildman–Crippen LogP) is 4.60. The van der Waals surface area contributed by atoms with E-state index in [9.17, 15) is 0 Å². The van der Waals surface area contributed by atoms with Gasteiger partial charge >= 0.3 is 0 Å². The minimum Gasteiger partial charge on any atom is -0.497 e. The van der Waals surface area contributed by atoms with Gasteiger partial charge in [-0.25, -0.2) is 0 Å². The second-order valence-electron chi connectivity index (χ2n) is 4.10. The Bertz CT molecular complexity index is 543. The molecule has 0 N–H and O–H groups in total. The Morgan fingerprint density at radius 3 is 2.39 bits per heavy atom. The summed E-state index contributed by atoms with van der Waals surface area (Å²) in [7, 11) is 1.66. The standard InChI is InChI=1S/C16H15ClO/c1-12(11-14-5-3-4-6-16(14)17)13-7-9-15(18-2)10-8-13/h3-10H,1,11H2,2H3. The van der Waals surface area contributed by atoms with Crippen LogP contribution in [0.15, 0.2) is 55.1 Å². The van der Waals surface area contributed by atoms with Crippen molar-refractivity contribution in [1.82, 2.24) is 0 Å². The fourth-order valence-corrected chi connectivity index (χ4v) is 2.00. The first-order valence-corrected chi connectivity index (χ1v) is 6.14. The van der Waals surface area contributed by atoms with Gasteiger partial charge in [-0.1, -0.05) is 48.5 Å². The number of benzene rings is 2. The Balaban J connectivity index is 2.14. The quantitative estimate of drug-likeness (QED) is 0.779. The number of ether oxygens (including phenoxy) is 1. The van der Waals surface area contributed by atoms with E-state index in [1.807, 2.05) is 48.5 Å². The molecule has 0 amide bonds. The molecule has 0 saturated carbocycles. The van der Waals surface area contributed by atoms with Crippen LogP contribution in [0, 0.1) is 0 Å². The highest BCUT2D eigenvalue weighted by atomic mass is 35.5. The monoisotopic (exact) mass is 258 g/mol. The third-order valence-electron chi connectivity index (χ3n) is 2.86. The van der Waals surface area contributed by atoms with Crippen molar-refractivity contribution < 1.29 is 4.74 Å². The summed E-state index contributed by atoms with van der Waals surface area (Å²) < 4.78 is 5.14. The van der Waals surface area contributed by atoms with Gasteiger partial charge in [-0.05, 0) is 41.3 Å². The molecule has 1 nitrogen and oxygen atoms in total. The van der Waals surface area contributed by atoms with Gasteiger partial charge in [-0.15, -0.1) is 0 Å². The summed E-state index contributed by atoms with van der Waals surface area (Å²) in [6, 6.07) is 15.7. The Morgan fingerprint density at radius 1 is 1.11 bits per heavy atom. The van der Waals surface area contributed by atoms with E-state index in [1.165, 1.54) is 0 Å². The summed E-state index contributed by atoms with van der Waals surface area (Å²) in [6.07, 6.45) is 0.756. The normalized spacial score (nSPS) is 10.1. The zero-order valence-corrected chi connectivity index (χ0v) is 11.1. The highest BCUT2D eigenvalue weighted by Crippen LogP contribution is 2.24. The lowest BCUT2D eigenvalue weighted by Gasteiger charge is -2.08. The maximum Gasteiger partial charge on any atom is 0.118 e. The summed E-state index contributed by atoms with van der Waals surface area (Å²) >= 11 is 6.14. The number of hydrogen-bond donors (Lipinski definition) is 0. The molecule has 0 aromatic heterocycles. The largest absolute Gasteiger partial charge is 0.497 e. The summed E-state index contributed by atoms with van der Waals surface area (Å²) in [5.41, 5.74) is 3.25. The zero-order chi connectivity index (χ0) is 13.0. The van der Waals surface area contributed by atoms with Gasteiger partial charge in [0, 0.05) is 5.02 Å². The lowest BCUT2D eigenvalue weighted by Crippen LogP contribution is -1.91. The maximum absolute atomic E-state index is 6.14. The highest BCUT2D eigenvalue weighted by molar-refractivity contribution is 6.31. The minimum absolute atomic E-state index is 0.756. The van der Waals surface area contributed by atoms with Gasteiger partial charge in [0.15, 0.2) is 0 Å². The smallest absolute Gasteiger partial charge is 0.118 e. The summed E-state index contributed by atoms with van der Waals surface area (Å²) in [5, 5.41) is 0.784. The van der Waals surface area contributed by atoms with Gasteiger partial charge < -0.3 is 4.74 Å². The molecule has 0 aliphatic carbocycles. The van der Waals surface area contributed by atoms with Crippen molar-refractivity contribution in [3.63, 3.8) is 0 Å². The van der Waals surface area contributed by atoms with E-state index < -0.39 is 0 Å². The molecule has 0 bridgehead atoms. The molecular formula is C16H15ClO. The van der Waals surface area contributed by atoms with Crippen LogP contribution in [0.3, 0.4) is 0 Å². The van der Waals surface area contributed by atoms with Crippen LogP contribution >= 0.6 is 11.6 Å². The maximum atomic E-state index is 6.14. The van der Waals surface area contributed by atoms with Gasteiger partial charge in [-0.3, -0.25) is 0 Å². The molecule has 0 heterocycles. The van der Waals surface area contributed by atoms with Crippen LogP contribution in [0.5, 0.6) is 5.75 Å². The second-order valence-corrected chi connectivity index (χ2v) is 4.51. The molecule has 2 aromatic carbocycles. The van der Waals surface area contributed by atoms with Crippen LogP contribution in [0.1, 0.15) is 11.1 Å². The first-order valence-electron chi connectivity index (χ1n) is 5.76. The minimum atomic E-state index is 0.756. The van der Waals surface area contributed by atoms with Crippen molar-refractivity contribution in [3.8, 4) is 5.75 Å². The van der Waals surface area contributed by atoms with E-state index in [0.717, 1.165) is 33.9 Å². The van der Waals surface area contributed by atoms with Crippen LogP contribution in [0.25, 0.3) is 5.57 Å².